The Morgan fingerprint density at radius 2 is 1.74 bits per heavy atom. The third-order valence-electron chi connectivity index (χ3n) is 5.09. The van der Waals surface area contributed by atoms with Crippen molar-refractivity contribution in [3.05, 3.63) is 76.1 Å². The standard InChI is InChI=1S/C25H26O5S/c1-16(2)12-23(31-15-17-6-4-3-5-7-17)24-19(26)14-21(30-25(24)27)18-8-9-20-22(13-18)29-11-10-28-20/h3-9,13-14,16,23,26H,10-12,15H2,1-2H3. The number of hydrogen-bond donors (Lipinski definition) is 1. The number of fused-ring (bicyclic) bond motifs is 1. The Kier molecular flexibility index (Phi) is 6.56. The highest BCUT2D eigenvalue weighted by atomic mass is 32.2. The molecule has 2 aromatic carbocycles. The number of benzene rings is 2. The lowest BCUT2D eigenvalue weighted by atomic mass is 10.0. The molecule has 2 heterocycles. The predicted octanol–water partition coefficient (Wildman–Crippen LogP) is 5.80. The van der Waals surface area contributed by atoms with Gasteiger partial charge in [0.1, 0.15) is 24.7 Å². The fraction of sp³-hybridized carbons (Fsp3) is 0.320. The quantitative estimate of drug-likeness (QED) is 0.502. The molecule has 0 spiro atoms. The van der Waals surface area contributed by atoms with Gasteiger partial charge in [0, 0.05) is 22.6 Å². The van der Waals surface area contributed by atoms with Crippen LogP contribution in [-0.4, -0.2) is 18.3 Å². The zero-order valence-electron chi connectivity index (χ0n) is 17.7. The summed E-state index contributed by atoms with van der Waals surface area (Å²) in [6, 6.07) is 17.0. The molecule has 5 nitrogen and oxygen atoms in total. The van der Waals surface area contributed by atoms with Crippen molar-refractivity contribution in [1.82, 2.24) is 0 Å². The molecular weight excluding hydrogens is 412 g/mol. The lowest BCUT2D eigenvalue weighted by Crippen LogP contribution is -2.15. The Hall–Kier alpha value is -2.86. The molecule has 1 N–H and O–H groups in total. The van der Waals surface area contributed by atoms with Gasteiger partial charge in [0.15, 0.2) is 11.5 Å². The van der Waals surface area contributed by atoms with Crippen LogP contribution in [-0.2, 0) is 5.75 Å². The lowest BCUT2D eigenvalue weighted by molar-refractivity contribution is 0.171. The Bertz CT molecular complexity index is 1090. The molecule has 1 aliphatic heterocycles. The molecule has 0 saturated carbocycles. The van der Waals surface area contributed by atoms with Crippen molar-refractivity contribution in [2.75, 3.05) is 13.2 Å². The second-order valence-corrected chi connectivity index (χ2v) is 9.16. The number of ether oxygens (including phenoxy) is 2. The second-order valence-electron chi connectivity index (χ2n) is 7.97. The molecule has 0 radical (unpaired) electrons. The van der Waals surface area contributed by atoms with Gasteiger partial charge in [0.25, 0.3) is 0 Å². The topological polar surface area (TPSA) is 68.9 Å². The van der Waals surface area contributed by atoms with Crippen LogP contribution in [0.3, 0.4) is 0 Å². The number of aromatic hydroxyl groups is 1. The lowest BCUT2D eigenvalue weighted by Gasteiger charge is -2.20. The van der Waals surface area contributed by atoms with Crippen LogP contribution in [0.1, 0.15) is 36.6 Å². The van der Waals surface area contributed by atoms with Gasteiger partial charge in [-0.05, 0) is 36.1 Å². The highest BCUT2D eigenvalue weighted by Crippen LogP contribution is 2.41. The maximum atomic E-state index is 13.0. The van der Waals surface area contributed by atoms with E-state index in [2.05, 4.69) is 26.0 Å². The van der Waals surface area contributed by atoms with Crippen LogP contribution < -0.4 is 15.1 Å². The molecule has 3 aromatic rings. The van der Waals surface area contributed by atoms with Crippen molar-refractivity contribution in [3.8, 4) is 28.6 Å². The largest absolute Gasteiger partial charge is 0.507 e. The molecule has 1 aliphatic rings. The van der Waals surface area contributed by atoms with Crippen LogP contribution in [0.25, 0.3) is 11.3 Å². The third kappa shape index (κ3) is 5.07. The smallest absolute Gasteiger partial charge is 0.344 e. The van der Waals surface area contributed by atoms with E-state index in [4.69, 9.17) is 13.9 Å². The molecule has 1 aromatic heterocycles. The molecule has 0 bridgehead atoms. The average molecular weight is 439 g/mol. The van der Waals surface area contributed by atoms with Crippen molar-refractivity contribution in [3.63, 3.8) is 0 Å². The van der Waals surface area contributed by atoms with E-state index >= 15 is 0 Å². The summed E-state index contributed by atoms with van der Waals surface area (Å²) in [4.78, 5) is 13.0. The maximum Gasteiger partial charge on any atom is 0.344 e. The highest BCUT2D eigenvalue weighted by molar-refractivity contribution is 7.98. The minimum Gasteiger partial charge on any atom is -0.507 e. The molecule has 4 rings (SSSR count). The molecule has 0 saturated heterocycles. The molecule has 1 atom stereocenters. The van der Waals surface area contributed by atoms with Crippen molar-refractivity contribution in [2.45, 2.75) is 31.3 Å². The van der Waals surface area contributed by atoms with E-state index in [1.807, 2.05) is 18.2 Å². The van der Waals surface area contributed by atoms with Crippen LogP contribution in [0.4, 0.5) is 0 Å². The number of rotatable bonds is 7. The first-order chi connectivity index (χ1) is 15.0. The maximum absolute atomic E-state index is 13.0. The second kappa shape index (κ2) is 9.52. The van der Waals surface area contributed by atoms with Crippen LogP contribution in [0.2, 0.25) is 0 Å². The van der Waals surface area contributed by atoms with Crippen LogP contribution in [0, 0.1) is 5.92 Å². The monoisotopic (exact) mass is 438 g/mol. The molecule has 0 aliphatic carbocycles. The fourth-order valence-corrected chi connectivity index (χ4v) is 5.09. The summed E-state index contributed by atoms with van der Waals surface area (Å²) in [5.41, 5.74) is 1.66. The molecule has 1 unspecified atom stereocenters. The molecule has 6 heteroatoms. The van der Waals surface area contributed by atoms with Gasteiger partial charge in [-0.15, -0.1) is 11.8 Å². The van der Waals surface area contributed by atoms with Crippen LogP contribution >= 0.6 is 11.8 Å². The van der Waals surface area contributed by atoms with E-state index in [1.165, 1.54) is 11.6 Å². The minimum absolute atomic E-state index is 0.0349. The zero-order chi connectivity index (χ0) is 21.8. The van der Waals surface area contributed by atoms with Gasteiger partial charge in [-0.3, -0.25) is 0 Å². The van der Waals surface area contributed by atoms with Gasteiger partial charge >= 0.3 is 5.63 Å². The van der Waals surface area contributed by atoms with E-state index in [0.717, 1.165) is 12.2 Å². The molecule has 0 fully saturated rings. The molecular formula is C25H26O5S. The summed E-state index contributed by atoms with van der Waals surface area (Å²) in [6.45, 7) is 5.20. The average Bonchev–Trinajstić information content (AvgIpc) is 2.77. The fourth-order valence-electron chi connectivity index (χ4n) is 3.59. The van der Waals surface area contributed by atoms with Gasteiger partial charge in [0.05, 0.1) is 5.56 Å². The van der Waals surface area contributed by atoms with E-state index in [-0.39, 0.29) is 11.0 Å². The summed E-state index contributed by atoms with van der Waals surface area (Å²) >= 11 is 1.65. The van der Waals surface area contributed by atoms with E-state index < -0.39 is 5.63 Å². The van der Waals surface area contributed by atoms with Gasteiger partial charge < -0.3 is 19.0 Å². The summed E-state index contributed by atoms with van der Waals surface area (Å²) in [5, 5.41) is 10.7. The SMILES string of the molecule is CC(C)CC(SCc1ccccc1)c1c(O)cc(-c2ccc3c(c2)OCCO3)oc1=O. The minimum atomic E-state index is -0.504. The van der Waals surface area contributed by atoms with Gasteiger partial charge in [-0.2, -0.15) is 0 Å². The van der Waals surface area contributed by atoms with Gasteiger partial charge in [-0.1, -0.05) is 44.2 Å². The Morgan fingerprint density at radius 1 is 1.00 bits per heavy atom. The molecule has 0 amide bonds. The van der Waals surface area contributed by atoms with E-state index in [1.54, 1.807) is 30.0 Å². The molecule has 162 valence electrons. The van der Waals surface area contributed by atoms with Crippen LogP contribution in [0.15, 0.2) is 63.8 Å². The van der Waals surface area contributed by atoms with Gasteiger partial charge in [-0.25, -0.2) is 4.79 Å². The summed E-state index contributed by atoms with van der Waals surface area (Å²) in [7, 11) is 0. The van der Waals surface area contributed by atoms with Crippen molar-refractivity contribution < 1.29 is 19.0 Å². The Balaban J connectivity index is 1.63. The summed E-state index contributed by atoms with van der Waals surface area (Å²) < 4.78 is 16.8. The van der Waals surface area contributed by atoms with E-state index in [9.17, 15) is 9.90 Å². The molecule has 31 heavy (non-hydrogen) atoms. The number of thioether (sulfide) groups is 1. The first-order valence-electron chi connectivity index (χ1n) is 10.4. The van der Waals surface area contributed by atoms with Crippen molar-refractivity contribution in [1.29, 1.82) is 0 Å². The Labute approximate surface area is 186 Å². The first kappa shape index (κ1) is 21.4. The van der Waals surface area contributed by atoms with Crippen molar-refractivity contribution in [2.24, 2.45) is 5.92 Å². The summed E-state index contributed by atoms with van der Waals surface area (Å²) in [6.07, 6.45) is 0.763. The van der Waals surface area contributed by atoms with Gasteiger partial charge in [0.2, 0.25) is 0 Å². The number of hydrogen-bond acceptors (Lipinski definition) is 6. The van der Waals surface area contributed by atoms with Crippen molar-refractivity contribution >= 4 is 11.8 Å². The van der Waals surface area contributed by atoms with E-state index in [0.29, 0.717) is 47.5 Å². The Morgan fingerprint density at radius 3 is 2.45 bits per heavy atom. The summed E-state index contributed by atoms with van der Waals surface area (Å²) in [5.74, 6) is 2.65. The zero-order valence-corrected chi connectivity index (χ0v) is 18.5. The van der Waals surface area contributed by atoms with Crippen LogP contribution in [0.5, 0.6) is 17.2 Å². The predicted molar refractivity (Wildman–Crippen MR) is 123 cm³/mol. The normalized spacial score (nSPS) is 13.9. The first-order valence-corrected chi connectivity index (χ1v) is 11.5. The third-order valence-corrected chi connectivity index (χ3v) is 6.43. The highest BCUT2D eigenvalue weighted by Gasteiger charge is 2.24.